The topological polar surface area (TPSA) is 0 Å². The molecule has 0 amide bonds. The molecule has 0 nitrogen and oxygen atoms in total. The van der Waals surface area contributed by atoms with Crippen molar-refractivity contribution in [2.75, 3.05) is 0 Å². The fraction of sp³-hybridized carbons (Fsp3) is 1.00. The van der Waals surface area contributed by atoms with Crippen LogP contribution in [0.2, 0.25) is 0 Å². The van der Waals surface area contributed by atoms with Crippen molar-refractivity contribution in [2.24, 2.45) is 29.6 Å². The van der Waals surface area contributed by atoms with Crippen molar-refractivity contribution in [2.45, 2.75) is 39.0 Å². The molecular formula is C11H18. The Balaban J connectivity index is 1.63. The number of fused-ring (bicyclic) bond motifs is 1. The Bertz CT molecular complexity index is 173. The maximum Gasteiger partial charge on any atom is -0.0349 e. The van der Waals surface area contributed by atoms with Crippen molar-refractivity contribution in [1.29, 1.82) is 0 Å². The lowest BCUT2D eigenvalue weighted by Gasteiger charge is -2.59. The fourth-order valence-electron chi connectivity index (χ4n) is 3.60. The molecule has 3 aliphatic rings. The molecule has 3 rings (SSSR count). The summed E-state index contributed by atoms with van der Waals surface area (Å²) in [5, 5.41) is 0. The van der Waals surface area contributed by atoms with E-state index in [0.717, 1.165) is 11.8 Å². The summed E-state index contributed by atoms with van der Waals surface area (Å²) >= 11 is 0. The van der Waals surface area contributed by atoms with Crippen LogP contribution in [0.1, 0.15) is 39.0 Å². The second kappa shape index (κ2) is 2.02. The molecule has 0 heterocycles. The normalized spacial score (nSPS) is 60.3. The molecule has 3 saturated carbocycles. The standard InChI is InChI=1S/C11H18/c1-7-2-4-9(7)11-6-8-3-5-10(8)11/h7-11H,2-6H2,1H3. The Morgan fingerprint density at radius 3 is 1.91 bits per heavy atom. The fourth-order valence-corrected chi connectivity index (χ4v) is 3.60. The van der Waals surface area contributed by atoms with E-state index in [2.05, 4.69) is 6.92 Å². The summed E-state index contributed by atoms with van der Waals surface area (Å²) in [6.45, 7) is 2.46. The van der Waals surface area contributed by atoms with Gasteiger partial charge in [-0.05, 0) is 55.3 Å². The third-order valence-corrected chi connectivity index (χ3v) is 4.84. The van der Waals surface area contributed by atoms with Gasteiger partial charge in [-0.1, -0.05) is 13.3 Å². The highest BCUT2D eigenvalue weighted by molar-refractivity contribution is 5.01. The van der Waals surface area contributed by atoms with Gasteiger partial charge >= 0.3 is 0 Å². The van der Waals surface area contributed by atoms with Gasteiger partial charge in [0, 0.05) is 0 Å². The second-order valence-corrected chi connectivity index (χ2v) is 5.12. The van der Waals surface area contributed by atoms with Crippen LogP contribution in [0.3, 0.4) is 0 Å². The van der Waals surface area contributed by atoms with Gasteiger partial charge in [0.15, 0.2) is 0 Å². The summed E-state index contributed by atoms with van der Waals surface area (Å²) in [5.74, 6) is 5.85. The number of rotatable bonds is 1. The van der Waals surface area contributed by atoms with E-state index < -0.39 is 0 Å². The minimum absolute atomic E-state index is 1.08. The lowest BCUT2D eigenvalue weighted by Crippen LogP contribution is -2.51. The highest BCUT2D eigenvalue weighted by Crippen LogP contribution is 2.61. The second-order valence-electron chi connectivity index (χ2n) is 5.12. The number of hydrogen-bond acceptors (Lipinski definition) is 0. The Labute approximate surface area is 69.4 Å². The van der Waals surface area contributed by atoms with Gasteiger partial charge in [-0.15, -0.1) is 0 Å². The average Bonchev–Trinajstić information content (AvgIpc) is 1.95. The maximum atomic E-state index is 2.46. The molecule has 3 fully saturated rings. The van der Waals surface area contributed by atoms with E-state index in [1.165, 1.54) is 24.2 Å². The largest absolute Gasteiger partial charge is 0.0622 e. The predicted molar refractivity (Wildman–Crippen MR) is 46.2 cm³/mol. The van der Waals surface area contributed by atoms with Gasteiger partial charge in [-0.2, -0.15) is 0 Å². The molecule has 0 aromatic rings. The first-order valence-corrected chi connectivity index (χ1v) is 5.36. The van der Waals surface area contributed by atoms with Crippen molar-refractivity contribution < 1.29 is 0 Å². The Morgan fingerprint density at radius 2 is 1.64 bits per heavy atom. The smallest absolute Gasteiger partial charge is 0.0349 e. The van der Waals surface area contributed by atoms with E-state index >= 15 is 0 Å². The molecular weight excluding hydrogens is 132 g/mol. The molecule has 5 atom stereocenters. The zero-order valence-electron chi connectivity index (χ0n) is 7.42. The summed E-state index contributed by atoms with van der Waals surface area (Å²) in [6, 6.07) is 0. The third kappa shape index (κ3) is 0.711. The summed E-state index contributed by atoms with van der Waals surface area (Å²) in [5.41, 5.74) is 0. The van der Waals surface area contributed by atoms with Gasteiger partial charge in [-0.25, -0.2) is 0 Å². The minimum Gasteiger partial charge on any atom is -0.0622 e. The van der Waals surface area contributed by atoms with Gasteiger partial charge in [0.05, 0.1) is 0 Å². The lowest BCUT2D eigenvalue weighted by atomic mass is 9.46. The van der Waals surface area contributed by atoms with Crippen molar-refractivity contribution in [3.05, 3.63) is 0 Å². The van der Waals surface area contributed by atoms with E-state index in [9.17, 15) is 0 Å². The highest BCUT2D eigenvalue weighted by atomic mass is 14.6. The SMILES string of the molecule is CC1CCC1C1CC2CCC21. The molecule has 0 aromatic heterocycles. The molecule has 0 N–H and O–H groups in total. The monoisotopic (exact) mass is 150 g/mol. The summed E-state index contributed by atoms with van der Waals surface area (Å²) in [4.78, 5) is 0. The third-order valence-electron chi connectivity index (χ3n) is 4.84. The zero-order valence-corrected chi connectivity index (χ0v) is 7.42. The average molecular weight is 150 g/mol. The maximum absolute atomic E-state index is 2.46. The van der Waals surface area contributed by atoms with E-state index in [4.69, 9.17) is 0 Å². The van der Waals surface area contributed by atoms with E-state index in [1.807, 2.05) is 0 Å². The Morgan fingerprint density at radius 1 is 0.818 bits per heavy atom. The summed E-state index contributed by atoms with van der Waals surface area (Å²) in [6.07, 6.45) is 7.86. The molecule has 0 saturated heterocycles. The highest BCUT2D eigenvalue weighted by Gasteiger charge is 2.52. The predicted octanol–water partition coefficient (Wildman–Crippen LogP) is 3.08. The Kier molecular flexibility index (Phi) is 1.20. The van der Waals surface area contributed by atoms with Crippen LogP contribution < -0.4 is 0 Å². The number of hydrogen-bond donors (Lipinski definition) is 0. The van der Waals surface area contributed by atoms with Gasteiger partial charge < -0.3 is 0 Å². The van der Waals surface area contributed by atoms with Crippen molar-refractivity contribution in [3.8, 4) is 0 Å². The summed E-state index contributed by atoms with van der Waals surface area (Å²) < 4.78 is 0. The van der Waals surface area contributed by atoms with Crippen LogP contribution in [-0.2, 0) is 0 Å². The lowest BCUT2D eigenvalue weighted by molar-refractivity contribution is -0.0954. The minimum atomic E-state index is 1.08. The van der Waals surface area contributed by atoms with Crippen molar-refractivity contribution in [1.82, 2.24) is 0 Å². The van der Waals surface area contributed by atoms with Gasteiger partial charge in [0.25, 0.3) is 0 Å². The van der Waals surface area contributed by atoms with Crippen LogP contribution in [0.25, 0.3) is 0 Å². The molecule has 0 bridgehead atoms. The van der Waals surface area contributed by atoms with Crippen LogP contribution in [-0.4, -0.2) is 0 Å². The first-order valence-electron chi connectivity index (χ1n) is 5.36. The van der Waals surface area contributed by atoms with Crippen molar-refractivity contribution in [3.63, 3.8) is 0 Å². The molecule has 0 aliphatic heterocycles. The van der Waals surface area contributed by atoms with Gasteiger partial charge in [0.2, 0.25) is 0 Å². The summed E-state index contributed by atoms with van der Waals surface area (Å²) in [7, 11) is 0. The molecule has 62 valence electrons. The molecule has 11 heavy (non-hydrogen) atoms. The van der Waals surface area contributed by atoms with Crippen LogP contribution in [0.5, 0.6) is 0 Å². The molecule has 5 unspecified atom stereocenters. The Hall–Kier alpha value is 0. The first kappa shape index (κ1) is 6.51. The molecule has 0 heteroatoms. The van der Waals surface area contributed by atoms with Gasteiger partial charge in [0.1, 0.15) is 0 Å². The molecule has 0 spiro atoms. The van der Waals surface area contributed by atoms with E-state index in [0.29, 0.717) is 0 Å². The molecule has 0 aromatic carbocycles. The van der Waals surface area contributed by atoms with Crippen molar-refractivity contribution >= 4 is 0 Å². The quantitative estimate of drug-likeness (QED) is 0.539. The van der Waals surface area contributed by atoms with Gasteiger partial charge in [-0.3, -0.25) is 0 Å². The molecule has 3 aliphatic carbocycles. The zero-order chi connectivity index (χ0) is 7.42. The van der Waals surface area contributed by atoms with Crippen LogP contribution in [0.4, 0.5) is 0 Å². The van der Waals surface area contributed by atoms with Crippen LogP contribution in [0.15, 0.2) is 0 Å². The molecule has 0 radical (unpaired) electrons. The van der Waals surface area contributed by atoms with Crippen LogP contribution >= 0.6 is 0 Å². The van der Waals surface area contributed by atoms with Crippen LogP contribution in [0, 0.1) is 29.6 Å². The van der Waals surface area contributed by atoms with E-state index in [1.54, 1.807) is 25.7 Å². The first-order chi connectivity index (χ1) is 5.36. The van der Waals surface area contributed by atoms with E-state index in [-0.39, 0.29) is 0 Å².